The van der Waals surface area contributed by atoms with E-state index in [9.17, 15) is 0 Å². The molecule has 0 aromatic heterocycles. The summed E-state index contributed by atoms with van der Waals surface area (Å²) in [6.07, 6.45) is 1.07. The van der Waals surface area contributed by atoms with Gasteiger partial charge in [0.15, 0.2) is 0 Å². The van der Waals surface area contributed by atoms with Gasteiger partial charge in [-0.2, -0.15) is 0 Å². The fraction of sp³-hybridized carbons (Fsp3) is 0.333. The van der Waals surface area contributed by atoms with Crippen molar-refractivity contribution in [2.24, 2.45) is 11.8 Å². The molecular weight excluding hydrogens is 260 g/mol. The van der Waals surface area contributed by atoms with Crippen molar-refractivity contribution in [3.63, 3.8) is 0 Å². The standard InChI is InChI=1S/C18H24N2O/c1-3-14(2)18(20-19)16-10-7-11-17(12-16)21-13-15-8-5-4-6-9-15/h4-12,14,18,20H,3,13,19H2,1-2H3. The second-order valence-corrected chi connectivity index (χ2v) is 5.38. The quantitative estimate of drug-likeness (QED) is 0.600. The molecule has 0 spiro atoms. The molecule has 3 nitrogen and oxygen atoms in total. The van der Waals surface area contributed by atoms with Crippen LogP contribution in [0.1, 0.15) is 37.4 Å². The largest absolute Gasteiger partial charge is 0.489 e. The third kappa shape index (κ3) is 4.31. The molecule has 3 N–H and O–H groups in total. The van der Waals surface area contributed by atoms with Gasteiger partial charge in [0.2, 0.25) is 0 Å². The molecule has 2 atom stereocenters. The zero-order chi connectivity index (χ0) is 15.1. The van der Waals surface area contributed by atoms with Crippen molar-refractivity contribution in [3.05, 3.63) is 65.7 Å². The van der Waals surface area contributed by atoms with E-state index in [1.807, 2.05) is 30.3 Å². The molecule has 0 bridgehead atoms. The summed E-state index contributed by atoms with van der Waals surface area (Å²) in [5, 5.41) is 0. The Morgan fingerprint density at radius 3 is 2.52 bits per heavy atom. The topological polar surface area (TPSA) is 47.3 Å². The van der Waals surface area contributed by atoms with E-state index in [0.717, 1.165) is 17.7 Å². The lowest BCUT2D eigenvalue weighted by Gasteiger charge is -2.23. The van der Waals surface area contributed by atoms with Gasteiger partial charge in [0.05, 0.1) is 0 Å². The third-order valence-electron chi connectivity index (χ3n) is 3.86. The van der Waals surface area contributed by atoms with E-state index in [4.69, 9.17) is 10.6 Å². The number of benzene rings is 2. The Hall–Kier alpha value is -1.84. The minimum Gasteiger partial charge on any atom is -0.489 e. The van der Waals surface area contributed by atoms with E-state index in [-0.39, 0.29) is 6.04 Å². The normalized spacial score (nSPS) is 13.7. The summed E-state index contributed by atoms with van der Waals surface area (Å²) in [5.41, 5.74) is 5.24. The molecule has 2 unspecified atom stereocenters. The zero-order valence-electron chi connectivity index (χ0n) is 12.8. The van der Waals surface area contributed by atoms with Gasteiger partial charge in [-0.1, -0.05) is 62.7 Å². The molecule has 2 aromatic rings. The molecular formula is C18H24N2O. The van der Waals surface area contributed by atoms with Crippen LogP contribution in [0.15, 0.2) is 54.6 Å². The first-order chi connectivity index (χ1) is 10.2. The smallest absolute Gasteiger partial charge is 0.120 e. The van der Waals surface area contributed by atoms with E-state index in [1.165, 1.54) is 5.56 Å². The molecule has 0 aliphatic carbocycles. The summed E-state index contributed by atoms with van der Waals surface area (Å²) in [5.74, 6) is 7.05. The van der Waals surface area contributed by atoms with Crippen LogP contribution in [0.3, 0.4) is 0 Å². The zero-order valence-corrected chi connectivity index (χ0v) is 12.8. The summed E-state index contributed by atoms with van der Waals surface area (Å²) in [6.45, 7) is 4.95. The van der Waals surface area contributed by atoms with E-state index in [1.54, 1.807) is 0 Å². The monoisotopic (exact) mass is 284 g/mol. The lowest BCUT2D eigenvalue weighted by molar-refractivity contribution is 0.304. The van der Waals surface area contributed by atoms with Gasteiger partial charge in [0.25, 0.3) is 0 Å². The predicted octanol–water partition coefficient (Wildman–Crippen LogP) is 3.82. The molecule has 0 heterocycles. The van der Waals surface area contributed by atoms with Gasteiger partial charge >= 0.3 is 0 Å². The molecule has 0 fully saturated rings. The highest BCUT2D eigenvalue weighted by molar-refractivity contribution is 5.31. The van der Waals surface area contributed by atoms with Gasteiger partial charge in [-0.25, -0.2) is 0 Å². The Balaban J connectivity index is 2.06. The van der Waals surface area contributed by atoms with Crippen LogP contribution in [-0.4, -0.2) is 0 Å². The number of hydrazine groups is 1. The van der Waals surface area contributed by atoms with Crippen molar-refractivity contribution in [3.8, 4) is 5.75 Å². The second-order valence-electron chi connectivity index (χ2n) is 5.38. The Bertz CT molecular complexity index is 542. The van der Waals surface area contributed by atoms with Gasteiger partial charge in [0.1, 0.15) is 12.4 Å². The lowest BCUT2D eigenvalue weighted by Crippen LogP contribution is -2.32. The first-order valence-electron chi connectivity index (χ1n) is 7.47. The first-order valence-corrected chi connectivity index (χ1v) is 7.47. The maximum absolute atomic E-state index is 5.87. The van der Waals surface area contributed by atoms with Crippen LogP contribution in [-0.2, 0) is 6.61 Å². The number of nitrogens with one attached hydrogen (secondary N) is 1. The van der Waals surface area contributed by atoms with E-state index >= 15 is 0 Å². The van der Waals surface area contributed by atoms with Gasteiger partial charge in [-0.3, -0.25) is 11.3 Å². The number of hydrogen-bond donors (Lipinski definition) is 2. The molecule has 0 amide bonds. The van der Waals surface area contributed by atoms with E-state index < -0.39 is 0 Å². The van der Waals surface area contributed by atoms with Crippen LogP contribution in [0.25, 0.3) is 0 Å². The summed E-state index contributed by atoms with van der Waals surface area (Å²) in [6, 6.07) is 18.5. The average molecular weight is 284 g/mol. The molecule has 3 heteroatoms. The van der Waals surface area contributed by atoms with Gasteiger partial charge < -0.3 is 4.74 Å². The SMILES string of the molecule is CCC(C)C(NN)c1cccc(OCc2ccccc2)c1. The fourth-order valence-corrected chi connectivity index (χ4v) is 2.36. The van der Waals surface area contributed by atoms with Crippen LogP contribution >= 0.6 is 0 Å². The lowest BCUT2D eigenvalue weighted by atomic mass is 9.93. The second kappa shape index (κ2) is 7.81. The maximum atomic E-state index is 5.87. The summed E-state index contributed by atoms with van der Waals surface area (Å²) in [4.78, 5) is 0. The molecule has 112 valence electrons. The molecule has 0 radical (unpaired) electrons. The van der Waals surface area contributed by atoms with Gasteiger partial charge in [0, 0.05) is 6.04 Å². The Morgan fingerprint density at radius 1 is 1.10 bits per heavy atom. The minimum absolute atomic E-state index is 0.148. The maximum Gasteiger partial charge on any atom is 0.120 e. The number of nitrogens with two attached hydrogens (primary N) is 1. The molecule has 0 aliphatic heterocycles. The summed E-state index contributed by atoms with van der Waals surface area (Å²) >= 11 is 0. The van der Waals surface area contributed by atoms with Crippen LogP contribution in [0, 0.1) is 5.92 Å². The number of hydrogen-bond acceptors (Lipinski definition) is 3. The summed E-state index contributed by atoms with van der Waals surface area (Å²) in [7, 11) is 0. The van der Waals surface area contributed by atoms with Gasteiger partial charge in [-0.05, 0) is 29.2 Å². The average Bonchev–Trinajstić information content (AvgIpc) is 2.55. The molecule has 2 rings (SSSR count). The fourth-order valence-electron chi connectivity index (χ4n) is 2.36. The molecule has 2 aromatic carbocycles. The molecule has 0 saturated carbocycles. The van der Waals surface area contributed by atoms with Crippen molar-refractivity contribution in [2.75, 3.05) is 0 Å². The van der Waals surface area contributed by atoms with Crippen molar-refractivity contribution in [1.82, 2.24) is 5.43 Å². The van der Waals surface area contributed by atoms with Crippen LogP contribution in [0.5, 0.6) is 5.75 Å². The highest BCUT2D eigenvalue weighted by atomic mass is 16.5. The van der Waals surface area contributed by atoms with Crippen molar-refractivity contribution >= 4 is 0 Å². The van der Waals surface area contributed by atoms with Crippen molar-refractivity contribution in [1.29, 1.82) is 0 Å². The predicted molar refractivity (Wildman–Crippen MR) is 86.7 cm³/mol. The molecule has 21 heavy (non-hydrogen) atoms. The van der Waals surface area contributed by atoms with Crippen LogP contribution in [0.2, 0.25) is 0 Å². The van der Waals surface area contributed by atoms with E-state index in [0.29, 0.717) is 12.5 Å². The van der Waals surface area contributed by atoms with E-state index in [2.05, 4.69) is 43.5 Å². The van der Waals surface area contributed by atoms with Crippen molar-refractivity contribution < 1.29 is 4.74 Å². The highest BCUT2D eigenvalue weighted by Gasteiger charge is 2.16. The Morgan fingerprint density at radius 2 is 1.86 bits per heavy atom. The minimum atomic E-state index is 0.148. The number of rotatable bonds is 7. The van der Waals surface area contributed by atoms with Crippen molar-refractivity contribution in [2.45, 2.75) is 32.9 Å². The number of ether oxygens (including phenoxy) is 1. The van der Waals surface area contributed by atoms with Gasteiger partial charge in [-0.15, -0.1) is 0 Å². The first kappa shape index (κ1) is 15.5. The third-order valence-corrected chi connectivity index (χ3v) is 3.86. The molecule has 0 aliphatic rings. The van der Waals surface area contributed by atoms with Crippen LogP contribution in [0.4, 0.5) is 0 Å². The Labute approximate surface area is 127 Å². The van der Waals surface area contributed by atoms with Crippen LogP contribution < -0.4 is 16.0 Å². The Kier molecular flexibility index (Phi) is 5.78. The molecule has 0 saturated heterocycles. The highest BCUT2D eigenvalue weighted by Crippen LogP contribution is 2.26. The summed E-state index contributed by atoms with van der Waals surface area (Å²) < 4.78 is 5.87.